The summed E-state index contributed by atoms with van der Waals surface area (Å²) in [5.74, 6) is 0.450. The van der Waals surface area contributed by atoms with Crippen molar-refractivity contribution in [2.75, 3.05) is 13.7 Å². The second kappa shape index (κ2) is 13.0. The molecule has 9 nitrogen and oxygen atoms in total. The predicted molar refractivity (Wildman–Crippen MR) is 127 cm³/mol. The normalized spacial score (nSPS) is 18.2. The van der Waals surface area contributed by atoms with E-state index >= 15 is 0 Å². The molecule has 0 atom stereocenters. The number of carbonyl (C=O) groups is 1. The molecule has 0 unspecified atom stereocenters. The molecule has 2 N–H and O–H groups in total. The first-order valence-electron chi connectivity index (χ1n) is 11.0. The van der Waals surface area contributed by atoms with Gasteiger partial charge in [0, 0.05) is 24.8 Å². The van der Waals surface area contributed by atoms with Gasteiger partial charge in [-0.3, -0.25) is 15.4 Å². The molecule has 2 aromatic rings. The number of nitrogens with one attached hydrogen (secondary N) is 1. The Labute approximate surface area is 206 Å². The lowest BCUT2D eigenvalue weighted by Crippen LogP contribution is -2.40. The number of aromatic nitrogens is 1. The summed E-state index contributed by atoms with van der Waals surface area (Å²) in [7, 11) is -2.43. The van der Waals surface area contributed by atoms with Crippen LogP contribution in [0.2, 0.25) is 0 Å². The average Bonchev–Trinajstić information content (AvgIpc) is 2.80. The number of rotatable bonds is 10. The van der Waals surface area contributed by atoms with Crippen molar-refractivity contribution < 1.29 is 27.9 Å². The van der Waals surface area contributed by atoms with Crippen LogP contribution in [0.1, 0.15) is 44.6 Å². The molecule has 1 saturated carbocycles. The quantitative estimate of drug-likeness (QED) is 0.463. The number of hydrazine groups is 1. The van der Waals surface area contributed by atoms with Crippen LogP contribution in [0.15, 0.2) is 52.5 Å². The summed E-state index contributed by atoms with van der Waals surface area (Å²) in [6.07, 6.45) is 5.58. The molecule has 11 heteroatoms. The summed E-state index contributed by atoms with van der Waals surface area (Å²) in [5, 5.41) is 10.7. The summed E-state index contributed by atoms with van der Waals surface area (Å²) in [5.41, 5.74) is 2.68. The number of methoxy groups -OCH3 is 1. The molecule has 1 aliphatic carbocycles. The van der Waals surface area contributed by atoms with Crippen LogP contribution in [0.25, 0.3) is 0 Å². The van der Waals surface area contributed by atoms with Crippen LogP contribution in [0, 0.1) is 5.92 Å². The fourth-order valence-corrected chi connectivity index (χ4v) is 5.44. The zero-order valence-corrected chi connectivity index (χ0v) is 21.0. The van der Waals surface area contributed by atoms with E-state index in [-0.39, 0.29) is 52.4 Å². The van der Waals surface area contributed by atoms with Crippen molar-refractivity contribution >= 4 is 28.2 Å². The minimum Gasteiger partial charge on any atom is -0.497 e. The molecule has 1 aromatic carbocycles. The number of amides is 1. The van der Waals surface area contributed by atoms with Gasteiger partial charge in [-0.15, -0.1) is 12.4 Å². The average molecular weight is 514 g/mol. The van der Waals surface area contributed by atoms with Gasteiger partial charge in [-0.2, -0.15) is 0 Å². The summed E-state index contributed by atoms with van der Waals surface area (Å²) < 4.78 is 36.9. The van der Waals surface area contributed by atoms with Crippen molar-refractivity contribution in [1.82, 2.24) is 15.6 Å². The second-order valence-corrected chi connectivity index (χ2v) is 9.91. The largest absolute Gasteiger partial charge is 0.497 e. The molecule has 0 aliphatic heterocycles. The first kappa shape index (κ1) is 28.0. The lowest BCUT2D eigenvalue weighted by atomic mass is 9.85. The maximum absolute atomic E-state index is 13.1. The van der Waals surface area contributed by atoms with Crippen LogP contribution in [-0.2, 0) is 25.9 Å². The number of sulfone groups is 1. The summed E-state index contributed by atoms with van der Waals surface area (Å²) in [6.45, 7) is 2.44. The fraction of sp³-hybridized carbons (Fsp3) is 0.478. The highest BCUT2D eigenvalue weighted by Crippen LogP contribution is 2.28. The highest BCUT2D eigenvalue weighted by molar-refractivity contribution is 7.91. The molecule has 3 rings (SSSR count). The molecule has 0 spiro atoms. The van der Waals surface area contributed by atoms with Crippen molar-refractivity contribution in [3.8, 4) is 5.75 Å². The summed E-state index contributed by atoms with van der Waals surface area (Å²) >= 11 is 0. The van der Waals surface area contributed by atoms with E-state index in [1.54, 1.807) is 24.3 Å². The Morgan fingerprint density at radius 3 is 2.47 bits per heavy atom. The Hall–Kier alpha value is -2.24. The number of carbonyl (C=O) groups excluding carboxylic acids is 1. The zero-order valence-electron chi connectivity index (χ0n) is 19.3. The van der Waals surface area contributed by atoms with Gasteiger partial charge in [0.05, 0.1) is 24.7 Å². The molecule has 1 fully saturated rings. The number of ether oxygens (including phenoxy) is 2. The third-order valence-electron chi connectivity index (χ3n) is 5.72. The molecule has 1 aromatic heterocycles. The minimum absolute atomic E-state index is 0. The van der Waals surface area contributed by atoms with Crippen molar-refractivity contribution in [3.05, 3.63) is 48.2 Å². The summed E-state index contributed by atoms with van der Waals surface area (Å²) in [6, 6.07) is 9.10. The van der Waals surface area contributed by atoms with Crippen LogP contribution in [-0.4, -0.2) is 49.5 Å². The Morgan fingerprint density at radius 2 is 1.85 bits per heavy atom. The van der Waals surface area contributed by atoms with Crippen molar-refractivity contribution in [2.45, 2.75) is 61.6 Å². The maximum Gasteiger partial charge on any atom is 0.236 e. The first-order valence-corrected chi connectivity index (χ1v) is 12.5. The van der Waals surface area contributed by atoms with Crippen LogP contribution in [0.4, 0.5) is 0 Å². The second-order valence-electron chi connectivity index (χ2n) is 8.04. The van der Waals surface area contributed by atoms with Gasteiger partial charge in [0.1, 0.15) is 5.75 Å². The Bertz CT molecular complexity index is 1030. The van der Waals surface area contributed by atoms with E-state index in [1.807, 2.05) is 6.92 Å². The molecule has 188 valence electrons. The van der Waals surface area contributed by atoms with Crippen molar-refractivity contribution in [1.29, 1.82) is 0 Å². The van der Waals surface area contributed by atoms with Crippen LogP contribution in [0.5, 0.6) is 5.75 Å². The summed E-state index contributed by atoms with van der Waals surface area (Å²) in [4.78, 5) is 16.5. The third-order valence-corrected chi connectivity index (χ3v) is 7.49. The van der Waals surface area contributed by atoms with E-state index in [9.17, 15) is 18.4 Å². The highest BCUT2D eigenvalue weighted by Gasteiger charge is 2.26. The molecule has 0 radical (unpaired) electrons. The molecular formula is C23H32ClN3O6S. The van der Waals surface area contributed by atoms with Crippen LogP contribution >= 0.6 is 12.4 Å². The molecule has 1 heterocycles. The number of halogens is 1. The number of hydrogen-bond donors (Lipinski definition) is 2. The monoisotopic (exact) mass is 513 g/mol. The lowest BCUT2D eigenvalue weighted by Gasteiger charge is -2.28. The Balaban J connectivity index is 0.00000408. The number of nitrogens with zero attached hydrogens (tertiary/aromatic N) is 2. The van der Waals surface area contributed by atoms with E-state index in [0.717, 1.165) is 25.7 Å². The maximum atomic E-state index is 13.1. The number of benzene rings is 1. The number of hydroxylamine groups is 1. The van der Waals surface area contributed by atoms with Crippen molar-refractivity contribution in [3.63, 3.8) is 0 Å². The fourth-order valence-electron chi connectivity index (χ4n) is 4.04. The number of pyridine rings is 1. The van der Waals surface area contributed by atoms with E-state index in [0.29, 0.717) is 23.9 Å². The van der Waals surface area contributed by atoms with Gasteiger partial charge in [0.15, 0.2) is 5.03 Å². The van der Waals surface area contributed by atoms with Gasteiger partial charge in [-0.25, -0.2) is 13.4 Å². The van der Waals surface area contributed by atoms with Gasteiger partial charge < -0.3 is 9.47 Å². The van der Waals surface area contributed by atoms with Gasteiger partial charge in [-0.05, 0) is 68.9 Å². The van der Waals surface area contributed by atoms with Crippen LogP contribution in [0.3, 0.4) is 0 Å². The first-order chi connectivity index (χ1) is 15.8. The van der Waals surface area contributed by atoms with E-state index < -0.39 is 9.84 Å². The van der Waals surface area contributed by atoms with Gasteiger partial charge in [0.2, 0.25) is 15.7 Å². The molecule has 0 bridgehead atoms. The molecule has 1 aliphatic rings. The number of hydrogen-bond acceptors (Lipinski definition) is 8. The Kier molecular flexibility index (Phi) is 10.7. The van der Waals surface area contributed by atoms with E-state index in [2.05, 4.69) is 10.4 Å². The molecular weight excluding hydrogens is 482 g/mol. The molecule has 34 heavy (non-hydrogen) atoms. The minimum atomic E-state index is -3.93. The lowest BCUT2D eigenvalue weighted by molar-refractivity contribution is -0.166. The molecule has 0 saturated heterocycles. The SMILES string of the molecule is CCOC1CCC(CC(=O)NN(O)Cc2cccnc2S(=O)(=O)c2ccc(OC)cc2)CC1.Cl. The predicted octanol–water partition coefficient (Wildman–Crippen LogP) is 3.55. The van der Waals surface area contributed by atoms with Gasteiger partial charge in [0.25, 0.3) is 0 Å². The van der Waals surface area contributed by atoms with Crippen molar-refractivity contribution in [2.24, 2.45) is 5.92 Å². The van der Waals surface area contributed by atoms with Gasteiger partial charge in [-0.1, -0.05) is 11.2 Å². The van der Waals surface area contributed by atoms with Gasteiger partial charge >= 0.3 is 0 Å². The smallest absolute Gasteiger partial charge is 0.236 e. The Morgan fingerprint density at radius 1 is 1.18 bits per heavy atom. The highest BCUT2D eigenvalue weighted by atomic mass is 35.5. The van der Waals surface area contributed by atoms with Crippen LogP contribution < -0.4 is 10.2 Å². The van der Waals surface area contributed by atoms with E-state index in [4.69, 9.17) is 9.47 Å². The molecule has 1 amide bonds. The zero-order chi connectivity index (χ0) is 23.8. The van der Waals surface area contributed by atoms with E-state index in [1.165, 1.54) is 25.4 Å². The standard InChI is InChI=1S/C23H31N3O6S.ClH/c1-3-32-20-8-6-17(7-9-20)15-22(27)25-26(28)16-18-5-4-14-24-23(18)33(29,30)21-12-10-19(31-2)11-13-21;/h4-5,10-14,17,20,28H,3,6-9,15-16H2,1-2H3,(H,25,27);1H. The topological polar surface area (TPSA) is 118 Å². The third kappa shape index (κ3) is 7.38.